The summed E-state index contributed by atoms with van der Waals surface area (Å²) >= 11 is 2.85. The Labute approximate surface area is 175 Å². The van der Waals surface area contributed by atoms with E-state index in [-0.39, 0.29) is 11.9 Å². The molecule has 0 aliphatic carbocycles. The van der Waals surface area contributed by atoms with E-state index >= 15 is 0 Å². The van der Waals surface area contributed by atoms with Crippen molar-refractivity contribution in [1.29, 1.82) is 0 Å². The number of nitrogens with zero attached hydrogens (tertiary/aromatic N) is 1. The first kappa shape index (κ1) is 21.4. The number of carbonyl (C=O) groups is 1. The number of sulfonamides is 1. The highest BCUT2D eigenvalue weighted by Crippen LogP contribution is 2.29. The van der Waals surface area contributed by atoms with Crippen molar-refractivity contribution in [2.45, 2.75) is 41.7 Å². The molecule has 1 aromatic heterocycles. The van der Waals surface area contributed by atoms with Crippen LogP contribution in [0.4, 0.5) is 0 Å². The fourth-order valence-corrected chi connectivity index (χ4v) is 7.03. The summed E-state index contributed by atoms with van der Waals surface area (Å²) in [7, 11) is -3.43. The lowest BCUT2D eigenvalue weighted by atomic mass is 10.0. The summed E-state index contributed by atoms with van der Waals surface area (Å²) in [5, 5.41) is 4.74. The minimum absolute atomic E-state index is 0.00408. The largest absolute Gasteiger partial charge is 0.355 e. The van der Waals surface area contributed by atoms with Crippen molar-refractivity contribution in [3.63, 3.8) is 0 Å². The molecule has 1 aliphatic rings. The number of rotatable bonds is 9. The quantitative estimate of drug-likeness (QED) is 0.648. The van der Waals surface area contributed by atoms with E-state index in [1.807, 2.05) is 18.2 Å². The van der Waals surface area contributed by atoms with Gasteiger partial charge in [-0.1, -0.05) is 42.8 Å². The molecule has 1 N–H and O–H groups in total. The van der Waals surface area contributed by atoms with Gasteiger partial charge in [0.25, 0.3) is 10.0 Å². The normalized spacial score (nSPS) is 18.1. The van der Waals surface area contributed by atoms with Crippen LogP contribution in [0.15, 0.2) is 52.1 Å². The second-order valence-corrected chi connectivity index (χ2v) is 10.9. The van der Waals surface area contributed by atoms with Gasteiger partial charge in [0.05, 0.1) is 5.75 Å². The molecule has 2 aromatic rings. The van der Waals surface area contributed by atoms with Gasteiger partial charge in [0.15, 0.2) is 0 Å². The molecule has 2 heterocycles. The van der Waals surface area contributed by atoms with E-state index in [1.165, 1.54) is 16.9 Å². The number of amides is 1. The summed E-state index contributed by atoms with van der Waals surface area (Å²) in [5.74, 6) is 1.23. The summed E-state index contributed by atoms with van der Waals surface area (Å²) in [6, 6.07) is 13.5. The van der Waals surface area contributed by atoms with Crippen LogP contribution in [0.25, 0.3) is 0 Å². The zero-order chi connectivity index (χ0) is 19.8. The first-order valence-electron chi connectivity index (χ1n) is 9.51. The Morgan fingerprint density at radius 3 is 2.75 bits per heavy atom. The van der Waals surface area contributed by atoms with Crippen LogP contribution in [0.2, 0.25) is 0 Å². The number of benzene rings is 1. The Bertz CT molecular complexity index is 839. The molecule has 0 bridgehead atoms. The summed E-state index contributed by atoms with van der Waals surface area (Å²) in [6.07, 6.45) is 3.43. The molecule has 1 atom stereocenters. The summed E-state index contributed by atoms with van der Waals surface area (Å²) in [4.78, 5) is 12.1. The van der Waals surface area contributed by atoms with Crippen LogP contribution in [0.5, 0.6) is 0 Å². The Hall–Kier alpha value is -1.35. The van der Waals surface area contributed by atoms with Crippen molar-refractivity contribution in [2.75, 3.05) is 18.8 Å². The molecule has 8 heteroatoms. The molecule has 1 saturated heterocycles. The number of hydrogen-bond acceptors (Lipinski definition) is 5. The predicted octanol–water partition coefficient (Wildman–Crippen LogP) is 3.73. The highest BCUT2D eigenvalue weighted by Gasteiger charge is 2.33. The van der Waals surface area contributed by atoms with E-state index in [0.717, 1.165) is 25.0 Å². The number of nitrogens with one attached hydrogen (secondary N) is 1. The molecule has 1 aliphatic heterocycles. The third-order valence-corrected chi connectivity index (χ3v) is 9.10. The minimum atomic E-state index is -3.43. The van der Waals surface area contributed by atoms with Crippen molar-refractivity contribution in [3.8, 4) is 0 Å². The highest BCUT2D eigenvalue weighted by molar-refractivity contribution is 7.99. The number of carbonyl (C=O) groups excluding carboxylic acids is 1. The van der Waals surface area contributed by atoms with Crippen molar-refractivity contribution in [2.24, 2.45) is 0 Å². The van der Waals surface area contributed by atoms with Crippen molar-refractivity contribution >= 4 is 39.0 Å². The molecule has 0 radical (unpaired) electrons. The number of thiophene rings is 1. The molecule has 1 aromatic carbocycles. The Morgan fingerprint density at radius 2 is 2.00 bits per heavy atom. The van der Waals surface area contributed by atoms with Gasteiger partial charge >= 0.3 is 0 Å². The van der Waals surface area contributed by atoms with Crippen molar-refractivity contribution in [1.82, 2.24) is 9.62 Å². The van der Waals surface area contributed by atoms with E-state index < -0.39 is 10.0 Å². The molecule has 1 unspecified atom stereocenters. The van der Waals surface area contributed by atoms with Gasteiger partial charge in [-0.25, -0.2) is 8.42 Å². The van der Waals surface area contributed by atoms with Crippen LogP contribution in [-0.4, -0.2) is 43.5 Å². The van der Waals surface area contributed by atoms with E-state index in [2.05, 4.69) is 17.4 Å². The second kappa shape index (κ2) is 10.4. The van der Waals surface area contributed by atoms with E-state index in [9.17, 15) is 13.2 Å². The van der Waals surface area contributed by atoms with E-state index in [1.54, 1.807) is 33.6 Å². The highest BCUT2D eigenvalue weighted by atomic mass is 32.2. The smallest absolute Gasteiger partial charge is 0.252 e. The molecule has 1 amide bonds. The Balaban J connectivity index is 1.44. The average molecular weight is 439 g/mol. The van der Waals surface area contributed by atoms with Crippen LogP contribution in [0.1, 0.15) is 31.2 Å². The minimum Gasteiger partial charge on any atom is -0.355 e. The lowest BCUT2D eigenvalue weighted by molar-refractivity contribution is -0.118. The van der Waals surface area contributed by atoms with Crippen molar-refractivity contribution in [3.05, 3.63) is 53.4 Å². The lowest BCUT2D eigenvalue weighted by Crippen LogP contribution is -2.45. The number of hydrogen-bond donors (Lipinski definition) is 1. The third-order valence-electron chi connectivity index (χ3n) is 4.78. The van der Waals surface area contributed by atoms with Gasteiger partial charge in [-0.3, -0.25) is 4.79 Å². The predicted molar refractivity (Wildman–Crippen MR) is 116 cm³/mol. The van der Waals surface area contributed by atoms with Crippen LogP contribution in [0.3, 0.4) is 0 Å². The summed E-state index contributed by atoms with van der Waals surface area (Å²) < 4.78 is 27.8. The van der Waals surface area contributed by atoms with Crippen LogP contribution in [0, 0.1) is 0 Å². The van der Waals surface area contributed by atoms with Gasteiger partial charge in [-0.05, 0) is 36.3 Å². The maximum Gasteiger partial charge on any atom is 0.252 e. The summed E-state index contributed by atoms with van der Waals surface area (Å²) in [5.41, 5.74) is 1.21. The molecule has 1 fully saturated rings. The first-order chi connectivity index (χ1) is 13.6. The Kier molecular flexibility index (Phi) is 7.96. The molecule has 0 spiro atoms. The molecule has 28 heavy (non-hydrogen) atoms. The van der Waals surface area contributed by atoms with Crippen LogP contribution >= 0.6 is 23.1 Å². The second-order valence-electron chi connectivity index (χ2n) is 6.81. The molecular weight excluding hydrogens is 412 g/mol. The fourth-order valence-electron chi connectivity index (χ4n) is 3.37. The van der Waals surface area contributed by atoms with E-state index in [4.69, 9.17) is 0 Å². The van der Waals surface area contributed by atoms with Crippen molar-refractivity contribution < 1.29 is 13.2 Å². The van der Waals surface area contributed by atoms with Gasteiger partial charge in [-0.15, -0.1) is 23.1 Å². The van der Waals surface area contributed by atoms with Gasteiger partial charge in [0, 0.05) is 24.9 Å². The fraction of sp³-hybridized carbons (Fsp3) is 0.450. The molecule has 152 valence electrons. The number of thioether (sulfide) groups is 1. The van der Waals surface area contributed by atoms with Gasteiger partial charge in [-0.2, -0.15) is 4.31 Å². The zero-order valence-corrected chi connectivity index (χ0v) is 18.2. The van der Waals surface area contributed by atoms with Crippen LogP contribution < -0.4 is 5.32 Å². The maximum atomic E-state index is 12.9. The molecular formula is C20H26N2O3S3. The van der Waals surface area contributed by atoms with E-state index in [0.29, 0.717) is 29.5 Å². The topological polar surface area (TPSA) is 66.5 Å². The molecule has 0 saturated carbocycles. The molecule has 5 nitrogen and oxygen atoms in total. The monoisotopic (exact) mass is 438 g/mol. The lowest BCUT2D eigenvalue weighted by Gasteiger charge is -2.34. The SMILES string of the molecule is O=C(CSCc1ccccc1)NCCC1CCCCN1S(=O)(=O)c1cccs1. The Morgan fingerprint density at radius 1 is 1.18 bits per heavy atom. The van der Waals surface area contributed by atoms with Crippen LogP contribution in [-0.2, 0) is 20.6 Å². The van der Waals surface area contributed by atoms with Gasteiger partial charge < -0.3 is 5.32 Å². The maximum absolute atomic E-state index is 12.9. The van der Waals surface area contributed by atoms with Gasteiger partial charge in [0.2, 0.25) is 5.91 Å². The standard InChI is InChI=1S/C20H26N2O3S3/c23-19(16-26-15-17-7-2-1-3-8-17)21-12-11-18-9-4-5-13-22(18)28(24,25)20-10-6-14-27-20/h1-3,6-8,10,14,18H,4-5,9,11-13,15-16H2,(H,21,23). The number of piperidine rings is 1. The zero-order valence-electron chi connectivity index (χ0n) is 15.7. The van der Waals surface area contributed by atoms with Gasteiger partial charge in [0.1, 0.15) is 4.21 Å². The summed E-state index contributed by atoms with van der Waals surface area (Å²) in [6.45, 7) is 1.07. The third kappa shape index (κ3) is 5.83. The first-order valence-corrected chi connectivity index (χ1v) is 13.0. The molecule has 3 rings (SSSR count). The average Bonchev–Trinajstić information content (AvgIpc) is 3.25.